The highest BCUT2D eigenvalue weighted by Gasteiger charge is 2.38. The van der Waals surface area contributed by atoms with E-state index in [9.17, 15) is 8.42 Å². The first-order chi connectivity index (χ1) is 7.93. The molecule has 1 saturated carbocycles. The lowest BCUT2D eigenvalue weighted by Crippen LogP contribution is -2.47. The maximum Gasteiger partial charge on any atom is 0.147 e. The van der Waals surface area contributed by atoms with Crippen LogP contribution in [0.4, 0.5) is 0 Å². The Hall–Kier alpha value is -0.130. The van der Waals surface area contributed by atoms with E-state index >= 15 is 0 Å². The minimum absolute atomic E-state index is 0.261. The molecule has 0 spiro atoms. The average molecular weight is 262 g/mol. The van der Waals surface area contributed by atoms with Gasteiger partial charge in [-0.05, 0) is 37.5 Å². The van der Waals surface area contributed by atoms with Crippen LogP contribution >= 0.6 is 0 Å². The van der Waals surface area contributed by atoms with E-state index in [2.05, 4.69) is 12.3 Å². The van der Waals surface area contributed by atoms with Gasteiger partial charge in [-0.15, -0.1) is 0 Å². The van der Waals surface area contributed by atoms with Crippen molar-refractivity contribution >= 4 is 9.84 Å². The maximum absolute atomic E-state index is 11.1. The maximum atomic E-state index is 11.1. The fourth-order valence-corrected chi connectivity index (χ4v) is 3.83. The number of hydrogen-bond donors (Lipinski definition) is 2. The molecule has 0 heterocycles. The lowest BCUT2D eigenvalue weighted by Gasteiger charge is -2.36. The summed E-state index contributed by atoms with van der Waals surface area (Å²) in [6.45, 7) is 2.21. The number of sulfone groups is 1. The summed E-state index contributed by atoms with van der Waals surface area (Å²) in [5, 5.41) is 0. The van der Waals surface area contributed by atoms with Crippen LogP contribution in [-0.4, -0.2) is 26.5 Å². The van der Waals surface area contributed by atoms with Crippen molar-refractivity contribution in [1.29, 1.82) is 0 Å². The first-order valence-corrected chi connectivity index (χ1v) is 8.63. The molecule has 0 aromatic rings. The highest BCUT2D eigenvalue weighted by molar-refractivity contribution is 7.90. The molecule has 0 aromatic carbocycles. The van der Waals surface area contributed by atoms with Crippen LogP contribution < -0.4 is 11.3 Å². The van der Waals surface area contributed by atoms with Gasteiger partial charge in [0.15, 0.2) is 0 Å². The first kappa shape index (κ1) is 14.9. The molecule has 0 bridgehead atoms. The Morgan fingerprint density at radius 3 is 2.35 bits per heavy atom. The summed E-state index contributed by atoms with van der Waals surface area (Å²) in [6, 6.07) is 0.261. The van der Waals surface area contributed by atoms with Crippen LogP contribution in [-0.2, 0) is 9.84 Å². The van der Waals surface area contributed by atoms with Crippen molar-refractivity contribution in [3.63, 3.8) is 0 Å². The van der Waals surface area contributed by atoms with E-state index in [0.29, 0.717) is 11.8 Å². The van der Waals surface area contributed by atoms with Crippen molar-refractivity contribution in [3.8, 4) is 0 Å². The SMILES string of the molecule is CCC1(C(CCCS(C)(=O)=O)NN)CCCC1. The van der Waals surface area contributed by atoms with Gasteiger partial charge >= 0.3 is 0 Å². The zero-order valence-electron chi connectivity index (χ0n) is 11.0. The number of hydrogen-bond acceptors (Lipinski definition) is 4. The average Bonchev–Trinajstić information content (AvgIpc) is 2.72. The molecule has 0 aliphatic heterocycles. The number of nitrogens with one attached hydrogen (secondary N) is 1. The van der Waals surface area contributed by atoms with Crippen LogP contribution in [0.25, 0.3) is 0 Å². The van der Waals surface area contributed by atoms with Gasteiger partial charge in [0, 0.05) is 18.1 Å². The van der Waals surface area contributed by atoms with Gasteiger partial charge in [-0.3, -0.25) is 11.3 Å². The third kappa shape index (κ3) is 4.23. The lowest BCUT2D eigenvalue weighted by molar-refractivity contribution is 0.176. The van der Waals surface area contributed by atoms with Gasteiger partial charge in [0.2, 0.25) is 0 Å². The minimum Gasteiger partial charge on any atom is -0.271 e. The summed E-state index contributed by atoms with van der Waals surface area (Å²) in [6.07, 6.45) is 8.97. The van der Waals surface area contributed by atoms with E-state index in [1.165, 1.54) is 31.9 Å². The molecule has 0 aromatic heterocycles. The van der Waals surface area contributed by atoms with E-state index < -0.39 is 9.84 Å². The number of rotatable bonds is 7. The van der Waals surface area contributed by atoms with Gasteiger partial charge in [-0.25, -0.2) is 8.42 Å². The molecule has 1 aliphatic carbocycles. The lowest BCUT2D eigenvalue weighted by atomic mass is 9.75. The Morgan fingerprint density at radius 1 is 1.35 bits per heavy atom. The fraction of sp³-hybridized carbons (Fsp3) is 1.00. The van der Waals surface area contributed by atoms with Crippen LogP contribution in [0.5, 0.6) is 0 Å². The predicted molar refractivity (Wildman–Crippen MR) is 71.2 cm³/mol. The third-order valence-corrected chi connectivity index (χ3v) is 5.28. The quantitative estimate of drug-likeness (QED) is 0.540. The van der Waals surface area contributed by atoms with E-state index in [-0.39, 0.29) is 11.8 Å². The third-order valence-electron chi connectivity index (χ3n) is 4.25. The highest BCUT2D eigenvalue weighted by atomic mass is 32.2. The van der Waals surface area contributed by atoms with Crippen LogP contribution in [0.1, 0.15) is 51.9 Å². The molecule has 1 fully saturated rings. The van der Waals surface area contributed by atoms with Crippen LogP contribution in [0.2, 0.25) is 0 Å². The number of nitrogens with two attached hydrogens (primary N) is 1. The Balaban J connectivity index is 2.52. The Bertz CT molecular complexity index is 321. The predicted octanol–water partition coefficient (Wildman–Crippen LogP) is 1.61. The monoisotopic (exact) mass is 262 g/mol. The molecule has 1 unspecified atom stereocenters. The van der Waals surface area contributed by atoms with Gasteiger partial charge in [0.25, 0.3) is 0 Å². The molecule has 1 rings (SSSR count). The summed E-state index contributed by atoms with van der Waals surface area (Å²) in [4.78, 5) is 0. The standard InChI is InChI=1S/C12H26N2O2S/c1-3-12(8-4-5-9-12)11(14-13)7-6-10-17(2,15)16/h11,14H,3-10,13H2,1-2H3. The van der Waals surface area contributed by atoms with Crippen LogP contribution in [0.3, 0.4) is 0 Å². The summed E-state index contributed by atoms with van der Waals surface area (Å²) in [7, 11) is -2.85. The van der Waals surface area contributed by atoms with E-state index in [1.807, 2.05) is 0 Å². The van der Waals surface area contributed by atoms with Crippen molar-refractivity contribution in [2.24, 2.45) is 11.3 Å². The Morgan fingerprint density at radius 2 is 1.94 bits per heavy atom. The van der Waals surface area contributed by atoms with Crippen molar-refractivity contribution in [2.45, 2.75) is 57.9 Å². The van der Waals surface area contributed by atoms with Gasteiger partial charge < -0.3 is 0 Å². The first-order valence-electron chi connectivity index (χ1n) is 6.57. The zero-order chi connectivity index (χ0) is 12.9. The van der Waals surface area contributed by atoms with Crippen LogP contribution in [0.15, 0.2) is 0 Å². The highest BCUT2D eigenvalue weighted by Crippen LogP contribution is 2.44. The Kier molecular flexibility index (Phi) is 5.41. The molecule has 5 heteroatoms. The normalized spacial score (nSPS) is 21.6. The topological polar surface area (TPSA) is 72.2 Å². The van der Waals surface area contributed by atoms with E-state index in [0.717, 1.165) is 12.8 Å². The molecule has 3 N–H and O–H groups in total. The van der Waals surface area contributed by atoms with Crippen molar-refractivity contribution in [2.75, 3.05) is 12.0 Å². The second-order valence-electron chi connectivity index (χ2n) is 5.41. The van der Waals surface area contributed by atoms with E-state index in [1.54, 1.807) is 0 Å². The summed E-state index contributed by atoms with van der Waals surface area (Å²) >= 11 is 0. The fourth-order valence-electron chi connectivity index (χ4n) is 3.14. The smallest absolute Gasteiger partial charge is 0.147 e. The molecule has 17 heavy (non-hydrogen) atoms. The number of hydrazine groups is 1. The van der Waals surface area contributed by atoms with Crippen molar-refractivity contribution in [3.05, 3.63) is 0 Å². The molecule has 1 atom stereocenters. The molecule has 102 valence electrons. The zero-order valence-corrected chi connectivity index (χ0v) is 11.9. The van der Waals surface area contributed by atoms with E-state index in [4.69, 9.17) is 5.84 Å². The molecule has 0 saturated heterocycles. The largest absolute Gasteiger partial charge is 0.271 e. The van der Waals surface area contributed by atoms with Crippen molar-refractivity contribution < 1.29 is 8.42 Å². The van der Waals surface area contributed by atoms with Crippen molar-refractivity contribution in [1.82, 2.24) is 5.43 Å². The molecule has 0 amide bonds. The van der Waals surface area contributed by atoms with Crippen LogP contribution in [0, 0.1) is 5.41 Å². The second kappa shape index (κ2) is 6.16. The molecule has 4 nitrogen and oxygen atoms in total. The second-order valence-corrected chi connectivity index (χ2v) is 7.67. The minimum atomic E-state index is -2.85. The summed E-state index contributed by atoms with van der Waals surface area (Å²) in [5.41, 5.74) is 3.23. The summed E-state index contributed by atoms with van der Waals surface area (Å²) < 4.78 is 22.2. The molecular weight excluding hydrogens is 236 g/mol. The molecule has 0 radical (unpaired) electrons. The molecule has 1 aliphatic rings. The summed E-state index contributed by atoms with van der Waals surface area (Å²) in [5.74, 6) is 5.93. The van der Waals surface area contributed by atoms with Gasteiger partial charge in [0.1, 0.15) is 9.84 Å². The van der Waals surface area contributed by atoms with Gasteiger partial charge in [-0.2, -0.15) is 0 Å². The van der Waals surface area contributed by atoms with Gasteiger partial charge in [-0.1, -0.05) is 19.8 Å². The molecular formula is C12H26N2O2S. The van der Waals surface area contributed by atoms with Gasteiger partial charge in [0.05, 0.1) is 0 Å². The Labute approximate surface area is 105 Å².